The lowest BCUT2D eigenvalue weighted by Gasteiger charge is -2.38. The van der Waals surface area contributed by atoms with Crippen molar-refractivity contribution in [2.24, 2.45) is 0 Å². The number of halogens is 1. The van der Waals surface area contributed by atoms with Crippen LogP contribution in [0.5, 0.6) is 0 Å². The lowest BCUT2D eigenvalue weighted by Crippen LogP contribution is -2.51. The standard InChI is InChI=1S/C15H26BrNO2/c1-4-6-9-15(10-7-5-2)11-8-13(18)17(15)14(19)12(3)16/h12H,4-11H2,1-3H3. The van der Waals surface area contributed by atoms with Gasteiger partial charge in [0, 0.05) is 6.42 Å². The summed E-state index contributed by atoms with van der Waals surface area (Å²) in [5.74, 6) is -0.0433. The SMILES string of the molecule is CCCCC1(CCCC)CCC(=O)N1C(=O)C(C)Br. The van der Waals surface area contributed by atoms with Crippen molar-refractivity contribution in [2.75, 3.05) is 0 Å². The van der Waals surface area contributed by atoms with Crippen LogP contribution in [0.3, 0.4) is 0 Å². The van der Waals surface area contributed by atoms with Crippen LogP contribution < -0.4 is 0 Å². The van der Waals surface area contributed by atoms with E-state index in [0.717, 1.165) is 44.9 Å². The summed E-state index contributed by atoms with van der Waals surface area (Å²) in [6.07, 6.45) is 7.66. The summed E-state index contributed by atoms with van der Waals surface area (Å²) in [6, 6.07) is 0. The minimum Gasteiger partial charge on any atom is -0.275 e. The highest BCUT2D eigenvalue weighted by atomic mass is 79.9. The number of amides is 2. The van der Waals surface area contributed by atoms with Gasteiger partial charge in [0.05, 0.1) is 10.4 Å². The number of rotatable bonds is 7. The van der Waals surface area contributed by atoms with Crippen molar-refractivity contribution in [1.82, 2.24) is 4.90 Å². The van der Waals surface area contributed by atoms with Crippen molar-refractivity contribution in [2.45, 2.75) is 82.5 Å². The van der Waals surface area contributed by atoms with Crippen molar-refractivity contribution < 1.29 is 9.59 Å². The van der Waals surface area contributed by atoms with Crippen LogP contribution in [0.15, 0.2) is 0 Å². The van der Waals surface area contributed by atoms with Gasteiger partial charge in [-0.2, -0.15) is 0 Å². The molecule has 1 heterocycles. The number of likely N-dealkylation sites (tertiary alicyclic amines) is 1. The van der Waals surface area contributed by atoms with Gasteiger partial charge in [-0.15, -0.1) is 0 Å². The van der Waals surface area contributed by atoms with Crippen molar-refractivity contribution in [1.29, 1.82) is 0 Å². The highest BCUT2D eigenvalue weighted by Gasteiger charge is 2.47. The molecule has 0 spiro atoms. The molecule has 0 aromatic rings. The number of hydrogen-bond acceptors (Lipinski definition) is 2. The van der Waals surface area contributed by atoms with Crippen LogP contribution in [-0.4, -0.2) is 27.1 Å². The topological polar surface area (TPSA) is 37.4 Å². The summed E-state index contributed by atoms with van der Waals surface area (Å²) < 4.78 is 0. The molecule has 4 heteroatoms. The lowest BCUT2D eigenvalue weighted by molar-refractivity contribution is -0.147. The zero-order valence-corrected chi connectivity index (χ0v) is 14.0. The Kier molecular flexibility index (Phi) is 6.51. The van der Waals surface area contributed by atoms with Gasteiger partial charge in [-0.3, -0.25) is 14.5 Å². The molecule has 0 aromatic carbocycles. The smallest absolute Gasteiger partial charge is 0.243 e. The molecule has 110 valence electrons. The van der Waals surface area contributed by atoms with Gasteiger partial charge in [0.15, 0.2) is 0 Å². The summed E-state index contributed by atoms with van der Waals surface area (Å²) >= 11 is 3.32. The molecule has 0 aromatic heterocycles. The van der Waals surface area contributed by atoms with Gasteiger partial charge in [-0.25, -0.2) is 0 Å². The average Bonchev–Trinajstić information content (AvgIpc) is 2.71. The highest BCUT2D eigenvalue weighted by molar-refractivity contribution is 9.10. The van der Waals surface area contributed by atoms with E-state index >= 15 is 0 Å². The molecule has 1 aliphatic rings. The van der Waals surface area contributed by atoms with E-state index in [0.29, 0.717) is 6.42 Å². The van der Waals surface area contributed by atoms with Crippen molar-refractivity contribution in [3.63, 3.8) is 0 Å². The molecule has 1 saturated heterocycles. The molecular weight excluding hydrogens is 306 g/mol. The summed E-state index contributed by atoms with van der Waals surface area (Å²) in [4.78, 5) is 25.8. The minimum absolute atomic E-state index is 0.0171. The fourth-order valence-corrected chi connectivity index (χ4v) is 3.18. The first-order valence-electron chi connectivity index (χ1n) is 7.49. The number of hydrogen-bond donors (Lipinski definition) is 0. The molecular formula is C15H26BrNO2. The van der Waals surface area contributed by atoms with Crippen molar-refractivity contribution in [3.05, 3.63) is 0 Å². The minimum atomic E-state index is -0.280. The van der Waals surface area contributed by atoms with Gasteiger partial charge >= 0.3 is 0 Å². The molecule has 1 fully saturated rings. The molecule has 0 bridgehead atoms. The zero-order chi connectivity index (χ0) is 14.5. The van der Waals surface area contributed by atoms with E-state index < -0.39 is 0 Å². The Morgan fingerprint density at radius 3 is 2.26 bits per heavy atom. The van der Waals surface area contributed by atoms with E-state index in [1.165, 1.54) is 0 Å². The predicted molar refractivity (Wildman–Crippen MR) is 81.3 cm³/mol. The second-order valence-corrected chi connectivity index (χ2v) is 6.99. The predicted octanol–water partition coefficient (Wildman–Crippen LogP) is 4.04. The van der Waals surface area contributed by atoms with E-state index in [1.54, 1.807) is 11.8 Å². The van der Waals surface area contributed by atoms with E-state index in [4.69, 9.17) is 0 Å². The van der Waals surface area contributed by atoms with Crippen LogP contribution in [0.4, 0.5) is 0 Å². The van der Waals surface area contributed by atoms with Crippen LogP contribution in [0.25, 0.3) is 0 Å². The quantitative estimate of drug-likeness (QED) is 0.660. The Bertz CT molecular complexity index is 320. The van der Waals surface area contributed by atoms with E-state index in [9.17, 15) is 9.59 Å². The Labute approximate surface area is 125 Å². The summed E-state index contributed by atoms with van der Waals surface area (Å²) in [5.41, 5.74) is -0.206. The largest absolute Gasteiger partial charge is 0.275 e. The molecule has 1 rings (SSSR count). The van der Waals surface area contributed by atoms with Crippen molar-refractivity contribution in [3.8, 4) is 0 Å². The molecule has 3 nitrogen and oxygen atoms in total. The number of nitrogens with zero attached hydrogens (tertiary/aromatic N) is 1. The molecule has 0 radical (unpaired) electrons. The van der Waals surface area contributed by atoms with Gasteiger partial charge in [-0.1, -0.05) is 55.5 Å². The van der Waals surface area contributed by atoms with Crippen molar-refractivity contribution >= 4 is 27.7 Å². The first-order valence-corrected chi connectivity index (χ1v) is 8.41. The summed E-state index contributed by atoms with van der Waals surface area (Å²) in [6.45, 7) is 6.12. The van der Waals surface area contributed by atoms with E-state index in [-0.39, 0.29) is 22.2 Å². The molecule has 0 aliphatic carbocycles. The Hall–Kier alpha value is -0.380. The van der Waals surface area contributed by atoms with Gasteiger partial charge < -0.3 is 0 Å². The fraction of sp³-hybridized carbons (Fsp3) is 0.867. The highest BCUT2D eigenvalue weighted by Crippen LogP contribution is 2.39. The number of imide groups is 1. The third-order valence-electron chi connectivity index (χ3n) is 4.08. The maximum atomic E-state index is 12.4. The van der Waals surface area contributed by atoms with E-state index in [2.05, 4.69) is 29.8 Å². The van der Waals surface area contributed by atoms with E-state index in [1.807, 2.05) is 0 Å². The Morgan fingerprint density at radius 2 is 1.84 bits per heavy atom. The molecule has 19 heavy (non-hydrogen) atoms. The van der Waals surface area contributed by atoms with Crippen LogP contribution in [0, 0.1) is 0 Å². The summed E-state index contributed by atoms with van der Waals surface area (Å²) in [5, 5.41) is 0. The van der Waals surface area contributed by atoms with Gasteiger partial charge in [-0.05, 0) is 26.2 Å². The summed E-state index contributed by atoms with van der Waals surface area (Å²) in [7, 11) is 0. The number of carbonyl (C=O) groups excluding carboxylic acids is 2. The van der Waals surface area contributed by atoms with Crippen LogP contribution in [-0.2, 0) is 9.59 Å². The third kappa shape index (κ3) is 3.80. The molecule has 1 unspecified atom stereocenters. The maximum absolute atomic E-state index is 12.4. The average molecular weight is 332 g/mol. The van der Waals surface area contributed by atoms with Crippen LogP contribution in [0.2, 0.25) is 0 Å². The number of carbonyl (C=O) groups is 2. The normalized spacial score (nSPS) is 19.8. The molecule has 0 N–H and O–H groups in total. The Balaban J connectivity index is 2.96. The van der Waals surface area contributed by atoms with Crippen LogP contribution in [0.1, 0.15) is 72.1 Å². The molecule has 2 amide bonds. The molecule has 1 aliphatic heterocycles. The monoisotopic (exact) mass is 331 g/mol. The second-order valence-electron chi connectivity index (χ2n) is 5.61. The Morgan fingerprint density at radius 1 is 1.32 bits per heavy atom. The first-order chi connectivity index (χ1) is 8.98. The second kappa shape index (κ2) is 7.41. The zero-order valence-electron chi connectivity index (χ0n) is 12.4. The maximum Gasteiger partial charge on any atom is 0.243 e. The van der Waals surface area contributed by atoms with Gasteiger partial charge in [0.25, 0.3) is 0 Å². The van der Waals surface area contributed by atoms with Crippen LogP contribution >= 0.6 is 15.9 Å². The first kappa shape index (κ1) is 16.7. The molecule has 0 saturated carbocycles. The molecule has 1 atom stereocenters. The fourth-order valence-electron chi connectivity index (χ4n) is 2.97. The number of unbranched alkanes of at least 4 members (excludes halogenated alkanes) is 2. The van der Waals surface area contributed by atoms with Gasteiger partial charge in [0.1, 0.15) is 0 Å². The van der Waals surface area contributed by atoms with Gasteiger partial charge in [0.2, 0.25) is 11.8 Å². The number of alkyl halides is 1. The lowest BCUT2D eigenvalue weighted by atomic mass is 9.84. The third-order valence-corrected chi connectivity index (χ3v) is 4.47.